The number of nitro benzene ring substituents is 1. The van der Waals surface area contributed by atoms with Crippen molar-refractivity contribution in [3.8, 4) is 0 Å². The summed E-state index contributed by atoms with van der Waals surface area (Å²) in [7, 11) is 2.55. The van der Waals surface area contributed by atoms with Gasteiger partial charge in [-0.2, -0.15) is 12.6 Å². The molecule has 1 aromatic rings. The molecule has 10 amide bonds. The van der Waals surface area contributed by atoms with Crippen molar-refractivity contribution in [2.75, 3.05) is 36.9 Å². The van der Waals surface area contributed by atoms with Crippen molar-refractivity contribution >= 4 is 111 Å². The molecular formula is C47H73N17O12S3. The molecule has 1 aromatic carbocycles. The lowest BCUT2D eigenvalue weighted by Gasteiger charge is -2.30. The first-order valence-electron chi connectivity index (χ1n) is 25.8. The van der Waals surface area contributed by atoms with E-state index >= 15 is 0 Å². The number of carbonyl (C=O) groups excluding carboxylic acids is 10. The first kappa shape index (κ1) is 64.4. The second-order valence-electron chi connectivity index (χ2n) is 19.2. The summed E-state index contributed by atoms with van der Waals surface area (Å²) in [5, 5.41) is 29.6. The smallest absolute Gasteiger partial charge is 0.269 e. The Bertz CT molecular complexity index is 2410. The first-order valence-corrected chi connectivity index (χ1v) is 28.9. The number of nitro groups is 1. The van der Waals surface area contributed by atoms with Crippen LogP contribution in [0.4, 0.5) is 5.69 Å². The van der Waals surface area contributed by atoms with Crippen LogP contribution in [-0.2, 0) is 43.2 Å². The lowest BCUT2D eigenvalue weighted by Crippen LogP contribution is -2.61. The van der Waals surface area contributed by atoms with E-state index in [0.717, 1.165) is 44.2 Å². The maximum atomic E-state index is 14.3. The second-order valence-corrected chi connectivity index (χ2v) is 22.1. The van der Waals surface area contributed by atoms with Crippen LogP contribution in [0.2, 0.25) is 0 Å². The van der Waals surface area contributed by atoms with Gasteiger partial charge in [-0.25, -0.2) is 0 Å². The largest absolute Gasteiger partial charge is 0.370 e. The predicted octanol–water partition coefficient (Wildman–Crippen LogP) is -3.25. The van der Waals surface area contributed by atoms with Crippen LogP contribution in [-0.4, -0.2) is 166 Å². The molecule has 29 nitrogen and oxygen atoms in total. The standard InChI is InChI=1S/C47H73N17O12S3/c48-36(65)17-16-30(40(69)60-32(22-77)42(71)59-31(21-25-7-2-1-3-8-25)41(70)62-34-24-79-78-23-33(37(49)66)61-43(34)72)57-38(67)28(9-4-18-54-46(50)51)56-39(68)29(10-5-19-55-47(52)53)58-44(73)35-11-6-20-63(35)45(74)26-12-14-27(15-13-26)64(75)76/h12-15,25,28-35,77H,1-11,16-24H2,(H2,48,65)(H2,49,66)(H,56,68)(H,57,67)(H,58,73)(H,59,71)(H,60,69)(H,61,72)(H,62,70)(H4,50,51,54)(H4,52,53,55)/t28-,29-,30+,31+,32+,33+,34+,35+/m1/s1. The number of nitrogens with zero attached hydrogens (tertiary/aromatic N) is 4. The van der Waals surface area contributed by atoms with E-state index in [1.807, 2.05) is 0 Å². The summed E-state index contributed by atoms with van der Waals surface area (Å²) >= 11 is 4.31. The fraction of sp³-hybridized carbons (Fsp3) is 0.617. The summed E-state index contributed by atoms with van der Waals surface area (Å²) in [6, 6.07) is -5.26. The minimum atomic E-state index is -1.57. The van der Waals surface area contributed by atoms with Gasteiger partial charge in [0.15, 0.2) is 11.9 Å². The molecule has 0 unspecified atom stereocenters. The summed E-state index contributed by atoms with van der Waals surface area (Å²) in [4.78, 5) is 155. The minimum absolute atomic E-state index is 0.00724. The van der Waals surface area contributed by atoms with E-state index in [2.05, 4.69) is 59.8 Å². The van der Waals surface area contributed by atoms with Gasteiger partial charge in [0, 0.05) is 61.0 Å². The highest BCUT2D eigenvalue weighted by Gasteiger charge is 2.39. The molecule has 3 aliphatic rings. The third kappa shape index (κ3) is 21.6. The number of amides is 10. The number of non-ortho nitro benzene ring substituents is 1. The lowest BCUT2D eigenvalue weighted by molar-refractivity contribution is -0.384. The Morgan fingerprint density at radius 2 is 1.23 bits per heavy atom. The van der Waals surface area contributed by atoms with E-state index in [0.29, 0.717) is 6.42 Å². The van der Waals surface area contributed by atoms with Crippen LogP contribution in [0.3, 0.4) is 0 Å². The normalized spacial score (nSPS) is 19.4. The molecule has 2 heterocycles. The third-order valence-corrected chi connectivity index (χ3v) is 16.0. The van der Waals surface area contributed by atoms with Crippen molar-refractivity contribution in [3.63, 3.8) is 0 Å². The van der Waals surface area contributed by atoms with Crippen molar-refractivity contribution in [1.82, 2.24) is 42.1 Å². The Labute approximate surface area is 469 Å². The highest BCUT2D eigenvalue weighted by Crippen LogP contribution is 2.29. The lowest BCUT2D eigenvalue weighted by atomic mass is 9.84. The van der Waals surface area contributed by atoms with Crippen molar-refractivity contribution in [2.24, 2.45) is 50.3 Å². The van der Waals surface area contributed by atoms with Crippen LogP contribution in [0.15, 0.2) is 34.3 Å². The minimum Gasteiger partial charge on any atom is -0.370 e. The van der Waals surface area contributed by atoms with Gasteiger partial charge in [-0.1, -0.05) is 53.7 Å². The Kier molecular flexibility index (Phi) is 26.7. The van der Waals surface area contributed by atoms with E-state index in [-0.39, 0.29) is 111 Å². The number of hydrogen-bond acceptors (Lipinski definition) is 17. The number of rotatable bonds is 29. The van der Waals surface area contributed by atoms with Crippen LogP contribution in [0.1, 0.15) is 100 Å². The molecule has 32 heteroatoms. The molecule has 3 fully saturated rings. The molecule has 436 valence electrons. The number of benzene rings is 1. The SMILES string of the molecule is NC(=O)CC[C@H](NC(=O)[C@@H](CCCN=C(N)N)NC(=O)[C@@H](CCCN=C(N)N)NC(=O)[C@@H]1CCCN1C(=O)c1ccc([N+](=O)[O-])cc1)C(=O)N[C@@H](CS)C(=O)N[C@@H](CC1CCCCC1)C(=O)N[C@H]1CSSC[C@@H](C(N)=O)NC1=O. The molecule has 8 atom stereocenters. The summed E-state index contributed by atoms with van der Waals surface area (Å²) in [5.41, 5.74) is 32.8. The molecule has 1 aliphatic carbocycles. The number of primary amides is 2. The zero-order valence-corrected chi connectivity index (χ0v) is 46.1. The number of nitrogens with one attached hydrogen (secondary N) is 7. The molecule has 0 spiro atoms. The molecule has 4 rings (SSSR count). The Hall–Kier alpha value is -7.09. The molecule has 0 bridgehead atoms. The van der Waals surface area contributed by atoms with Crippen molar-refractivity contribution in [3.05, 3.63) is 39.9 Å². The van der Waals surface area contributed by atoms with Crippen LogP contribution in [0.5, 0.6) is 0 Å². The van der Waals surface area contributed by atoms with Gasteiger partial charge < -0.3 is 76.5 Å². The monoisotopic (exact) mass is 1160 g/mol. The Morgan fingerprint density at radius 1 is 0.696 bits per heavy atom. The number of aliphatic imine (C=N–C) groups is 2. The van der Waals surface area contributed by atoms with Gasteiger partial charge in [0.05, 0.1) is 4.92 Å². The number of carbonyl (C=O) groups is 10. The van der Waals surface area contributed by atoms with Crippen molar-refractivity contribution in [2.45, 2.75) is 138 Å². The molecule has 0 aromatic heterocycles. The van der Waals surface area contributed by atoms with E-state index in [1.54, 1.807) is 0 Å². The van der Waals surface area contributed by atoms with Gasteiger partial charge in [0.25, 0.3) is 11.6 Å². The summed E-state index contributed by atoms with van der Waals surface area (Å²) in [5.74, 6) is -8.22. The second kappa shape index (κ2) is 32.7. The summed E-state index contributed by atoms with van der Waals surface area (Å²) in [6.07, 6.45) is 4.40. The van der Waals surface area contributed by atoms with Gasteiger partial charge in [-0.15, -0.1) is 0 Å². The number of guanidine groups is 2. The molecule has 2 saturated heterocycles. The zero-order valence-electron chi connectivity index (χ0n) is 43.6. The molecular weight excluding hydrogens is 1090 g/mol. The van der Waals surface area contributed by atoms with E-state index in [9.17, 15) is 58.1 Å². The molecule has 0 radical (unpaired) electrons. The number of thiol groups is 1. The number of nitrogens with two attached hydrogens (primary N) is 6. The molecule has 19 N–H and O–H groups in total. The van der Waals surface area contributed by atoms with Crippen LogP contribution < -0.4 is 71.6 Å². The molecule has 1 saturated carbocycles. The van der Waals surface area contributed by atoms with Crippen LogP contribution in [0.25, 0.3) is 0 Å². The maximum absolute atomic E-state index is 14.3. The zero-order chi connectivity index (χ0) is 58.2. The summed E-state index contributed by atoms with van der Waals surface area (Å²) in [6.45, 7) is 0.192. The number of hydrogen-bond donors (Lipinski definition) is 14. The number of likely N-dealkylation sites (tertiary alicyclic amines) is 1. The fourth-order valence-electron chi connectivity index (χ4n) is 8.97. The van der Waals surface area contributed by atoms with Crippen LogP contribution >= 0.6 is 34.2 Å². The van der Waals surface area contributed by atoms with Gasteiger partial charge in [0.2, 0.25) is 53.2 Å². The molecule has 79 heavy (non-hydrogen) atoms. The summed E-state index contributed by atoms with van der Waals surface area (Å²) < 4.78 is 0. The van der Waals surface area contributed by atoms with E-state index < -0.39 is 119 Å². The highest BCUT2D eigenvalue weighted by molar-refractivity contribution is 8.76. The van der Waals surface area contributed by atoms with Crippen LogP contribution in [0, 0.1) is 16.0 Å². The molecule has 2 aliphatic heterocycles. The van der Waals surface area contributed by atoms with Gasteiger partial charge in [0.1, 0.15) is 48.3 Å². The Balaban J connectivity index is 1.55. The average molecular weight is 1160 g/mol. The first-order chi connectivity index (χ1) is 37.6. The van der Waals surface area contributed by atoms with Gasteiger partial charge in [-0.3, -0.25) is 68.0 Å². The highest BCUT2D eigenvalue weighted by atomic mass is 33.1. The Morgan fingerprint density at radius 3 is 1.77 bits per heavy atom. The fourth-order valence-corrected chi connectivity index (χ4v) is 11.6. The van der Waals surface area contributed by atoms with Gasteiger partial charge in [-0.05, 0) is 69.4 Å². The van der Waals surface area contributed by atoms with E-state index in [4.69, 9.17) is 34.4 Å². The topological polar surface area (TPSA) is 482 Å². The maximum Gasteiger partial charge on any atom is 0.269 e. The predicted molar refractivity (Wildman–Crippen MR) is 298 cm³/mol. The van der Waals surface area contributed by atoms with Gasteiger partial charge >= 0.3 is 0 Å². The quantitative estimate of drug-likeness (QED) is 0.00712. The average Bonchev–Trinajstić information content (AvgIpc) is 3.90. The van der Waals surface area contributed by atoms with Crippen molar-refractivity contribution in [1.29, 1.82) is 0 Å². The third-order valence-electron chi connectivity index (χ3n) is 13.2. The van der Waals surface area contributed by atoms with Crippen molar-refractivity contribution < 1.29 is 52.9 Å². The van der Waals surface area contributed by atoms with E-state index in [1.165, 1.54) is 38.6 Å².